The van der Waals surface area contributed by atoms with Crippen LogP contribution >= 0.6 is 0 Å². The third-order valence-electron chi connectivity index (χ3n) is 0. The normalized spacial score (nSPS) is 0. The third kappa shape index (κ3) is 20.5. The number of hydrogen-bond donors (Lipinski definition) is 0. The summed E-state index contributed by atoms with van der Waals surface area (Å²) < 4.78 is 0. The van der Waals surface area contributed by atoms with E-state index in [0.29, 0.717) is 0 Å². The van der Waals surface area contributed by atoms with E-state index in [1.165, 1.54) is 0 Å². The summed E-state index contributed by atoms with van der Waals surface area (Å²) in [4.78, 5) is 0. The molecule has 0 nitrogen and oxygen atoms in total. The van der Waals surface area contributed by atoms with E-state index in [1.54, 1.807) is 0 Å². The maximum Gasteiger partial charge on any atom is 0.0814 e. The molecule has 5 heteroatoms. The molecule has 0 fully saturated rings. The molecule has 0 rings (SSSR count). The largest absolute Gasteiger partial charge is 0.0814 e. The van der Waals surface area contributed by atoms with E-state index in [0.717, 1.165) is 0 Å². The van der Waals surface area contributed by atoms with Crippen LogP contribution in [-0.4, -0.2) is 8.41 Å². The van der Waals surface area contributed by atoms with Crippen LogP contribution in [0.15, 0.2) is 0 Å². The van der Waals surface area contributed by atoms with Gasteiger partial charge in [0.2, 0.25) is 0 Å². The first-order valence-corrected chi connectivity index (χ1v) is 0. The zero-order valence-electron chi connectivity index (χ0n) is 1.62. The van der Waals surface area contributed by atoms with Gasteiger partial charge in [0.05, 0.1) is 8.41 Å². The first kappa shape index (κ1) is 48.4. The predicted molar refractivity (Wildman–Crippen MR) is 9.94 cm³/mol. The Kier molecular flexibility index (Phi) is 294. The van der Waals surface area contributed by atoms with Gasteiger partial charge in [-0.15, -0.1) is 0 Å². The predicted octanol–water partition coefficient (Wildman–Crippen LogP) is -1.19. The summed E-state index contributed by atoms with van der Waals surface area (Å²) in [6.07, 6.45) is 0. The van der Waals surface area contributed by atoms with Gasteiger partial charge in [0.15, 0.2) is 0 Å². The molecule has 0 saturated carbocycles. The molecule has 0 aliphatic rings. The fourth-order valence-electron chi connectivity index (χ4n) is 0. The van der Waals surface area contributed by atoms with Crippen molar-refractivity contribution >= 4 is 8.41 Å². The standard InChI is InChI=1S/BH3.Co.Cr.Hf.Re/h1H3;;;;. The van der Waals surface area contributed by atoms with Crippen LogP contribution in [0.4, 0.5) is 0 Å². The minimum atomic E-state index is 0. The maximum atomic E-state index is 0. The molecule has 0 aliphatic carbocycles. The molecule has 0 N–H and O–H groups in total. The average molecular weight is 489 g/mol. The summed E-state index contributed by atoms with van der Waals surface area (Å²) in [7, 11) is 0. The fraction of sp³-hybridized carbons (Fsp3) is 0. The van der Waals surface area contributed by atoms with E-state index in [4.69, 9.17) is 0 Å². The number of rotatable bonds is 0. The first-order chi connectivity index (χ1) is 0. The molecule has 0 aromatic heterocycles. The van der Waals surface area contributed by atoms with Crippen molar-refractivity contribution in [3.8, 4) is 0 Å². The van der Waals surface area contributed by atoms with Gasteiger partial charge < -0.3 is 0 Å². The van der Waals surface area contributed by atoms with Gasteiger partial charge in [0.25, 0.3) is 0 Å². The zero-order valence-corrected chi connectivity index (χ0v) is 10.2. The van der Waals surface area contributed by atoms with Crippen LogP contribution in [0.25, 0.3) is 0 Å². The van der Waals surface area contributed by atoms with Crippen LogP contribution in [0.5, 0.6) is 0 Å². The van der Waals surface area contributed by atoms with Gasteiger partial charge in [-0.1, -0.05) is 0 Å². The van der Waals surface area contributed by atoms with Crippen molar-refractivity contribution in [3.63, 3.8) is 0 Å². The van der Waals surface area contributed by atoms with Gasteiger partial charge in [-0.25, -0.2) is 0 Å². The van der Waals surface area contributed by atoms with E-state index < -0.39 is 0 Å². The monoisotopic (exact) mass is 492 g/mol. The van der Waals surface area contributed by atoms with Gasteiger partial charge in [-0.3, -0.25) is 0 Å². The second-order valence-electron chi connectivity index (χ2n) is 0. The van der Waals surface area contributed by atoms with Crippen LogP contribution < -0.4 is 0 Å². The second-order valence-corrected chi connectivity index (χ2v) is 0. The van der Waals surface area contributed by atoms with E-state index >= 15 is 0 Å². The molecule has 0 heterocycles. The molecule has 0 aromatic carbocycles. The fourth-order valence-corrected chi connectivity index (χ4v) is 0. The second kappa shape index (κ2) is 30.3. The van der Waals surface area contributed by atoms with Gasteiger partial charge in [-0.05, 0) is 0 Å². The van der Waals surface area contributed by atoms with Crippen molar-refractivity contribution in [1.29, 1.82) is 0 Å². The SMILES string of the molecule is B.[Co].[Cr].[Hf].[Re]. The molecule has 0 amide bonds. The number of hydrogen-bond acceptors (Lipinski definition) is 0. The van der Waals surface area contributed by atoms with E-state index in [-0.39, 0.29) is 88.8 Å². The van der Waals surface area contributed by atoms with Crippen LogP contribution in [0, 0.1) is 0 Å². The Morgan fingerprint density at radius 1 is 1.00 bits per heavy atom. The molecule has 5 heavy (non-hydrogen) atoms. The van der Waals surface area contributed by atoms with Crippen molar-refractivity contribution in [2.45, 2.75) is 0 Å². The van der Waals surface area contributed by atoms with Gasteiger partial charge in [0, 0.05) is 80.4 Å². The Bertz CT molecular complexity index is 11.6. The van der Waals surface area contributed by atoms with Gasteiger partial charge in [-0.2, -0.15) is 0 Å². The van der Waals surface area contributed by atoms with Crippen LogP contribution in [0.1, 0.15) is 0 Å². The Morgan fingerprint density at radius 2 is 1.00 bits per heavy atom. The Morgan fingerprint density at radius 3 is 1.00 bits per heavy atom. The van der Waals surface area contributed by atoms with Crippen molar-refractivity contribution in [3.05, 3.63) is 0 Å². The summed E-state index contributed by atoms with van der Waals surface area (Å²) in [5.41, 5.74) is 0. The Labute approximate surface area is 87.6 Å². The third-order valence-corrected chi connectivity index (χ3v) is 0. The van der Waals surface area contributed by atoms with Crippen LogP contribution in [-0.2, 0) is 80.4 Å². The minimum Gasteiger partial charge on any atom is 0 e. The Balaban J connectivity index is 0. The van der Waals surface area contributed by atoms with Gasteiger partial charge in [0.1, 0.15) is 0 Å². The molecular formula is H3BCoCrHfRe. The molecule has 0 spiro atoms. The van der Waals surface area contributed by atoms with E-state index in [1.807, 2.05) is 0 Å². The van der Waals surface area contributed by atoms with Crippen molar-refractivity contribution < 1.29 is 80.4 Å². The van der Waals surface area contributed by atoms with Crippen LogP contribution in [0.3, 0.4) is 0 Å². The molecule has 32 valence electrons. The molecule has 0 unspecified atom stereocenters. The van der Waals surface area contributed by atoms with Crippen molar-refractivity contribution in [2.75, 3.05) is 0 Å². The molecule has 0 atom stereocenters. The van der Waals surface area contributed by atoms with Crippen molar-refractivity contribution in [2.24, 2.45) is 0 Å². The molecule has 0 aromatic rings. The molecule has 0 saturated heterocycles. The van der Waals surface area contributed by atoms with E-state index in [2.05, 4.69) is 0 Å². The quantitative estimate of drug-likeness (QED) is 0.376. The average Bonchev–Trinajstić information content (AvgIpc) is 0. The summed E-state index contributed by atoms with van der Waals surface area (Å²) >= 11 is 0. The van der Waals surface area contributed by atoms with Crippen LogP contribution in [0.2, 0.25) is 0 Å². The Hall–Kier alpha value is 2.64. The minimum absolute atomic E-state index is 0. The molecule has 2 radical (unpaired) electrons. The zero-order chi connectivity index (χ0) is 0. The molecular weight excluding hydrogens is 486 g/mol. The van der Waals surface area contributed by atoms with Crippen molar-refractivity contribution in [1.82, 2.24) is 0 Å². The summed E-state index contributed by atoms with van der Waals surface area (Å²) in [6.45, 7) is 0. The van der Waals surface area contributed by atoms with Gasteiger partial charge >= 0.3 is 0 Å². The topological polar surface area (TPSA) is 0 Å². The molecule has 0 bridgehead atoms. The summed E-state index contributed by atoms with van der Waals surface area (Å²) in [5.74, 6) is 0. The smallest absolute Gasteiger partial charge is 0 e. The molecule has 0 aliphatic heterocycles. The summed E-state index contributed by atoms with van der Waals surface area (Å²) in [6, 6.07) is 0. The van der Waals surface area contributed by atoms with E-state index in [9.17, 15) is 0 Å². The summed E-state index contributed by atoms with van der Waals surface area (Å²) in [5, 5.41) is 0. The first-order valence-electron chi connectivity index (χ1n) is 0. The maximum absolute atomic E-state index is 0.